The Morgan fingerprint density at radius 2 is 1.89 bits per heavy atom. The fraction of sp³-hybridized carbons (Fsp3) is 0.533. The van der Waals surface area contributed by atoms with E-state index < -0.39 is 43.5 Å². The Bertz CT molecular complexity index is 693. The zero-order valence-corrected chi connectivity index (χ0v) is 14.2. The molecule has 1 aromatic rings. The highest BCUT2D eigenvalue weighted by atomic mass is 19.4. The van der Waals surface area contributed by atoms with Crippen LogP contribution in [-0.2, 0) is 4.79 Å². The maximum absolute atomic E-state index is 12.3. The first-order valence-corrected chi connectivity index (χ1v) is 8.02. The number of aromatic nitrogens is 1. The molecule has 0 aromatic carbocycles. The summed E-state index contributed by atoms with van der Waals surface area (Å²) in [4.78, 5) is 28.9. The van der Waals surface area contributed by atoms with Crippen LogP contribution in [0.25, 0.3) is 0 Å². The fourth-order valence-electron chi connectivity index (χ4n) is 2.48. The van der Waals surface area contributed by atoms with E-state index in [1.165, 1.54) is 6.07 Å². The molecule has 0 bridgehead atoms. The average Bonchev–Trinajstić information content (AvgIpc) is 3.07. The van der Waals surface area contributed by atoms with Crippen LogP contribution in [0.5, 0.6) is 5.88 Å². The Balaban J connectivity index is 1.91. The Morgan fingerprint density at radius 3 is 2.46 bits per heavy atom. The minimum absolute atomic E-state index is 0.116. The maximum Gasteiger partial charge on any atom is 0.422 e. The van der Waals surface area contributed by atoms with Crippen LogP contribution in [0.3, 0.4) is 0 Å². The third-order valence-corrected chi connectivity index (χ3v) is 3.65. The quantitative estimate of drug-likeness (QED) is 0.726. The van der Waals surface area contributed by atoms with Gasteiger partial charge in [-0.2, -0.15) is 26.3 Å². The molecular formula is C15H16F6N4O3. The van der Waals surface area contributed by atoms with Crippen LogP contribution in [0.1, 0.15) is 12.8 Å². The van der Waals surface area contributed by atoms with Gasteiger partial charge in [-0.15, -0.1) is 0 Å². The molecule has 2 rings (SSSR count). The van der Waals surface area contributed by atoms with Gasteiger partial charge in [-0.1, -0.05) is 0 Å². The largest absolute Gasteiger partial charge is 0.468 e. The van der Waals surface area contributed by atoms with Crippen molar-refractivity contribution in [3.05, 3.63) is 18.3 Å². The van der Waals surface area contributed by atoms with Gasteiger partial charge in [0.05, 0.1) is 11.9 Å². The van der Waals surface area contributed by atoms with E-state index in [-0.39, 0.29) is 24.5 Å². The second-order valence-corrected chi connectivity index (χ2v) is 5.90. The second-order valence-electron chi connectivity index (χ2n) is 5.90. The van der Waals surface area contributed by atoms with Gasteiger partial charge in [0.2, 0.25) is 11.8 Å². The second kappa shape index (κ2) is 8.52. The number of nitrogens with one attached hydrogen (secondary N) is 2. The predicted octanol–water partition coefficient (Wildman–Crippen LogP) is 2.70. The fourth-order valence-corrected chi connectivity index (χ4v) is 2.48. The highest BCUT2D eigenvalue weighted by Crippen LogP contribution is 2.21. The molecule has 1 saturated heterocycles. The van der Waals surface area contributed by atoms with Crippen molar-refractivity contribution in [2.75, 3.05) is 25.0 Å². The number of pyridine rings is 1. The predicted molar refractivity (Wildman–Crippen MR) is 83.6 cm³/mol. The van der Waals surface area contributed by atoms with E-state index in [1.54, 1.807) is 5.32 Å². The van der Waals surface area contributed by atoms with E-state index in [4.69, 9.17) is 0 Å². The van der Waals surface area contributed by atoms with Gasteiger partial charge in [-0.05, 0) is 18.9 Å². The maximum atomic E-state index is 12.3. The molecule has 1 aliphatic rings. The molecule has 1 fully saturated rings. The zero-order chi connectivity index (χ0) is 20.9. The Kier molecular flexibility index (Phi) is 6.56. The number of alkyl halides is 6. The summed E-state index contributed by atoms with van der Waals surface area (Å²) in [7, 11) is 0. The van der Waals surface area contributed by atoms with E-state index in [0.29, 0.717) is 6.42 Å². The van der Waals surface area contributed by atoms with Crippen molar-refractivity contribution in [2.24, 2.45) is 0 Å². The summed E-state index contributed by atoms with van der Waals surface area (Å²) in [5.74, 6) is -1.22. The molecule has 1 aromatic heterocycles. The van der Waals surface area contributed by atoms with Gasteiger partial charge in [-0.3, -0.25) is 4.79 Å². The van der Waals surface area contributed by atoms with Crippen LogP contribution >= 0.6 is 0 Å². The van der Waals surface area contributed by atoms with E-state index >= 15 is 0 Å². The normalized spacial score (nSPS) is 17.4. The number of carbonyl (C=O) groups excluding carboxylic acids is 2. The minimum atomic E-state index is -4.57. The topological polar surface area (TPSA) is 83.6 Å². The molecule has 0 aliphatic carbocycles. The first kappa shape index (κ1) is 21.6. The van der Waals surface area contributed by atoms with Gasteiger partial charge in [0.1, 0.15) is 12.6 Å². The smallest absolute Gasteiger partial charge is 0.422 e. The molecule has 1 aliphatic heterocycles. The lowest BCUT2D eigenvalue weighted by Gasteiger charge is -2.24. The number of nitrogens with zero attached hydrogens (tertiary/aromatic N) is 2. The summed E-state index contributed by atoms with van der Waals surface area (Å²) in [6.07, 6.45) is -7.40. The standard InChI is InChI=1S/C15H16F6N4O3/c16-14(17,18)7-23-12(26)10-2-1-5-25(10)13(27)24-9-3-4-11(22-6-9)28-8-15(19,20)21/h3-4,6,10H,1-2,5,7-8H2,(H,23,26)(H,24,27). The number of hydrogen-bond donors (Lipinski definition) is 2. The molecule has 156 valence electrons. The lowest BCUT2D eigenvalue weighted by atomic mass is 10.2. The number of likely N-dealkylation sites (tertiary alicyclic amines) is 1. The summed E-state index contributed by atoms with van der Waals surface area (Å²) < 4.78 is 77.3. The highest BCUT2D eigenvalue weighted by Gasteiger charge is 2.36. The average molecular weight is 414 g/mol. The number of amides is 3. The van der Waals surface area contributed by atoms with Crippen molar-refractivity contribution in [3.8, 4) is 5.88 Å². The number of ether oxygens (including phenoxy) is 1. The van der Waals surface area contributed by atoms with Crippen LogP contribution in [0.15, 0.2) is 18.3 Å². The van der Waals surface area contributed by atoms with Crippen LogP contribution < -0.4 is 15.4 Å². The summed E-state index contributed by atoms with van der Waals surface area (Å²) >= 11 is 0. The highest BCUT2D eigenvalue weighted by molar-refractivity contribution is 5.94. The van der Waals surface area contributed by atoms with E-state index in [0.717, 1.165) is 17.2 Å². The van der Waals surface area contributed by atoms with Crippen molar-refractivity contribution in [2.45, 2.75) is 31.2 Å². The van der Waals surface area contributed by atoms with Crippen molar-refractivity contribution in [3.63, 3.8) is 0 Å². The van der Waals surface area contributed by atoms with Gasteiger partial charge < -0.3 is 20.3 Å². The lowest BCUT2D eigenvalue weighted by molar-refractivity contribution is -0.154. The Morgan fingerprint density at radius 1 is 1.18 bits per heavy atom. The number of hydrogen-bond acceptors (Lipinski definition) is 4. The third kappa shape index (κ3) is 6.78. The number of halogens is 6. The molecule has 7 nitrogen and oxygen atoms in total. The van der Waals surface area contributed by atoms with Gasteiger partial charge >= 0.3 is 18.4 Å². The van der Waals surface area contributed by atoms with Gasteiger partial charge in [-0.25, -0.2) is 9.78 Å². The molecule has 1 unspecified atom stereocenters. The molecule has 0 spiro atoms. The van der Waals surface area contributed by atoms with Crippen molar-refractivity contribution in [1.29, 1.82) is 0 Å². The van der Waals surface area contributed by atoms with E-state index in [2.05, 4.69) is 15.0 Å². The van der Waals surface area contributed by atoms with Crippen LogP contribution in [-0.4, -0.2) is 59.9 Å². The third-order valence-electron chi connectivity index (χ3n) is 3.65. The number of urea groups is 1. The Hall–Kier alpha value is -2.73. The SMILES string of the molecule is O=C(NCC(F)(F)F)C1CCCN1C(=O)Nc1ccc(OCC(F)(F)F)nc1. The number of anilines is 1. The van der Waals surface area contributed by atoms with E-state index in [1.807, 2.05) is 0 Å². The molecule has 0 saturated carbocycles. The molecule has 1 atom stereocenters. The lowest BCUT2D eigenvalue weighted by Crippen LogP contribution is -2.49. The molecule has 2 N–H and O–H groups in total. The summed E-state index contributed by atoms with van der Waals surface area (Å²) in [6.45, 7) is -2.86. The van der Waals surface area contributed by atoms with E-state index in [9.17, 15) is 35.9 Å². The first-order valence-electron chi connectivity index (χ1n) is 8.02. The molecule has 0 radical (unpaired) electrons. The molecule has 13 heteroatoms. The minimum Gasteiger partial charge on any atom is -0.468 e. The van der Waals surface area contributed by atoms with Gasteiger partial charge in [0.15, 0.2) is 6.61 Å². The number of carbonyl (C=O) groups is 2. The zero-order valence-electron chi connectivity index (χ0n) is 14.2. The summed E-state index contributed by atoms with van der Waals surface area (Å²) in [6, 6.07) is 0.560. The van der Waals surface area contributed by atoms with Crippen LogP contribution in [0.4, 0.5) is 36.8 Å². The Labute approximate surface area is 155 Å². The van der Waals surface area contributed by atoms with Crippen molar-refractivity contribution in [1.82, 2.24) is 15.2 Å². The molecule has 3 amide bonds. The molecular weight excluding hydrogens is 398 g/mol. The summed E-state index contributed by atoms with van der Waals surface area (Å²) in [5.41, 5.74) is 0.116. The number of rotatable bonds is 5. The van der Waals surface area contributed by atoms with Crippen molar-refractivity contribution < 1.29 is 40.7 Å². The molecule has 2 heterocycles. The summed E-state index contributed by atoms with van der Waals surface area (Å²) in [5, 5.41) is 4.13. The van der Waals surface area contributed by atoms with Crippen molar-refractivity contribution >= 4 is 17.6 Å². The van der Waals surface area contributed by atoms with Gasteiger partial charge in [0, 0.05) is 12.6 Å². The van der Waals surface area contributed by atoms with Crippen LogP contribution in [0.2, 0.25) is 0 Å². The van der Waals surface area contributed by atoms with Crippen LogP contribution in [0, 0.1) is 0 Å². The first-order chi connectivity index (χ1) is 12.9. The van der Waals surface area contributed by atoms with Gasteiger partial charge in [0.25, 0.3) is 0 Å². The monoisotopic (exact) mass is 414 g/mol. The molecule has 28 heavy (non-hydrogen) atoms.